The lowest BCUT2D eigenvalue weighted by Crippen LogP contribution is -2.05. The number of furan rings is 1. The summed E-state index contributed by atoms with van der Waals surface area (Å²) in [6.07, 6.45) is 17.1. The van der Waals surface area contributed by atoms with Gasteiger partial charge in [-0.15, -0.1) is 0 Å². The molecule has 0 fully saturated rings. The second-order valence-corrected chi connectivity index (χ2v) is 17.4. The molecule has 0 saturated carbocycles. The largest absolute Gasteiger partial charge is 0.454 e. The molecule has 6 aromatic carbocycles. The molecule has 1 aliphatic carbocycles. The van der Waals surface area contributed by atoms with Crippen LogP contribution >= 0.6 is 0 Å². The van der Waals surface area contributed by atoms with Crippen molar-refractivity contribution in [3.63, 3.8) is 0 Å². The van der Waals surface area contributed by atoms with E-state index >= 15 is 0 Å². The topological polar surface area (TPSA) is 77.1 Å². The third-order valence-electron chi connectivity index (χ3n) is 12.9. The Hall–Kier alpha value is -8.61. The molecule has 326 valence electrons. The van der Waals surface area contributed by atoms with Gasteiger partial charge < -0.3 is 4.42 Å². The third kappa shape index (κ3) is 8.07. The number of hydrogen-bond acceptors (Lipinski definition) is 6. The van der Waals surface area contributed by atoms with E-state index in [0.717, 1.165) is 90.0 Å². The Morgan fingerprint density at radius 3 is 1.90 bits per heavy atom. The van der Waals surface area contributed by atoms with Gasteiger partial charge in [-0.3, -0.25) is 9.97 Å². The van der Waals surface area contributed by atoms with Crippen molar-refractivity contribution in [2.75, 3.05) is 0 Å². The molecule has 0 radical (unpaired) electrons. The van der Waals surface area contributed by atoms with Crippen LogP contribution in [0.15, 0.2) is 205 Å². The van der Waals surface area contributed by atoms with Gasteiger partial charge in [0.1, 0.15) is 11.3 Å². The van der Waals surface area contributed by atoms with Gasteiger partial charge in [-0.25, -0.2) is 15.0 Å². The second-order valence-electron chi connectivity index (χ2n) is 17.4. The Kier molecular flexibility index (Phi) is 11.1. The highest BCUT2D eigenvalue weighted by atomic mass is 16.3. The second kappa shape index (κ2) is 18.0. The maximum atomic E-state index is 6.74. The highest BCUT2D eigenvalue weighted by Gasteiger charge is 2.22. The summed E-state index contributed by atoms with van der Waals surface area (Å²) in [5.74, 6) is 1.83. The average Bonchev–Trinajstić information content (AvgIpc) is 3.76. The summed E-state index contributed by atoms with van der Waals surface area (Å²) < 4.78 is 6.74. The Labute approximate surface area is 396 Å². The number of pyridine rings is 2. The number of nitrogens with zero attached hydrogens (tertiary/aromatic N) is 5. The van der Waals surface area contributed by atoms with Gasteiger partial charge in [-0.2, -0.15) is 0 Å². The van der Waals surface area contributed by atoms with Crippen LogP contribution in [0.1, 0.15) is 53.0 Å². The van der Waals surface area contributed by atoms with Crippen molar-refractivity contribution in [2.24, 2.45) is 10.9 Å². The molecule has 4 heterocycles. The molecule has 11 rings (SSSR count). The molecule has 6 heteroatoms. The summed E-state index contributed by atoms with van der Waals surface area (Å²) >= 11 is 0. The standard InChI is InChI=1S/C62H47N5O/c1-5-10-55-54-13-6-7-14-57(54)68-61(55)60(65-41(4)49-30-20-44-21-31-50-35-39(2)15-32-53(50)56(44)36-49)47-26-24-46(25-27-47)59-40(3)58(45-22-16-42(17-23-45)51-11-8-33-63-37-51)66-62(67-59)48-28-18-43(19-29-48)52-12-9-34-64-38-52/h5-34,36-39H,4,35H2,1-3H3/b10-5+,65-60?. The van der Waals surface area contributed by atoms with Crippen molar-refractivity contribution in [1.29, 1.82) is 0 Å². The van der Waals surface area contributed by atoms with Gasteiger partial charge in [0, 0.05) is 69.1 Å². The van der Waals surface area contributed by atoms with Crippen molar-refractivity contribution in [3.05, 3.63) is 234 Å². The minimum absolute atomic E-state index is 0.514. The molecule has 0 aliphatic heterocycles. The molecule has 0 saturated heterocycles. The Bertz CT molecular complexity index is 3600. The van der Waals surface area contributed by atoms with Crippen LogP contribution in [0.3, 0.4) is 0 Å². The SMILES string of the molecule is C=C(N=C(c1ccc(-c2nc(-c3ccc(-c4cccnc4)cc3)nc(-c3ccc(-c4cccnc4)cc3)c2C)cc1)c1oc2ccccc2c1/C=C/C)c1ccc2ccc3c(c2c1)C=CC(C)C3. The smallest absolute Gasteiger partial charge is 0.161 e. The van der Waals surface area contributed by atoms with Crippen LogP contribution in [0.4, 0.5) is 0 Å². The molecule has 1 unspecified atom stereocenters. The molecule has 0 spiro atoms. The number of para-hydroxylation sites is 1. The van der Waals surface area contributed by atoms with Crippen LogP contribution in [0, 0.1) is 12.8 Å². The first-order valence-electron chi connectivity index (χ1n) is 23.1. The maximum Gasteiger partial charge on any atom is 0.161 e. The zero-order valence-electron chi connectivity index (χ0n) is 38.2. The summed E-state index contributed by atoms with van der Waals surface area (Å²) in [4.78, 5) is 24.6. The summed E-state index contributed by atoms with van der Waals surface area (Å²) in [6.45, 7) is 11.0. The van der Waals surface area contributed by atoms with E-state index in [1.807, 2.05) is 55.7 Å². The molecule has 1 atom stereocenters. The molecular weight excluding hydrogens is 831 g/mol. The number of aromatic nitrogens is 4. The first-order valence-corrected chi connectivity index (χ1v) is 23.1. The lowest BCUT2D eigenvalue weighted by molar-refractivity contribution is 0.604. The van der Waals surface area contributed by atoms with Crippen LogP contribution in [-0.2, 0) is 6.42 Å². The molecule has 68 heavy (non-hydrogen) atoms. The Morgan fingerprint density at radius 2 is 1.25 bits per heavy atom. The minimum atomic E-state index is 0.514. The quantitative estimate of drug-likeness (QED) is 0.128. The first-order chi connectivity index (χ1) is 33.4. The molecule has 6 nitrogen and oxygen atoms in total. The van der Waals surface area contributed by atoms with Crippen molar-refractivity contribution in [1.82, 2.24) is 19.9 Å². The fraction of sp³-hybridized carbons (Fsp3) is 0.0806. The monoisotopic (exact) mass is 877 g/mol. The zero-order valence-corrected chi connectivity index (χ0v) is 38.2. The lowest BCUT2D eigenvalue weighted by atomic mass is 9.87. The van der Waals surface area contributed by atoms with Crippen molar-refractivity contribution in [2.45, 2.75) is 27.2 Å². The summed E-state index contributed by atoms with van der Waals surface area (Å²) in [5.41, 5.74) is 17.4. The third-order valence-corrected chi connectivity index (χ3v) is 12.9. The average molecular weight is 878 g/mol. The molecule has 0 amide bonds. The van der Waals surface area contributed by atoms with Crippen LogP contribution in [0.5, 0.6) is 0 Å². The van der Waals surface area contributed by atoms with E-state index < -0.39 is 0 Å². The first kappa shape index (κ1) is 42.1. The predicted octanol–water partition coefficient (Wildman–Crippen LogP) is 15.6. The number of allylic oxidation sites excluding steroid dienone is 2. The van der Waals surface area contributed by atoms with E-state index in [0.29, 0.717) is 28.9 Å². The molecular formula is C62H47N5O. The maximum absolute atomic E-state index is 6.74. The lowest BCUT2D eigenvalue weighted by Gasteiger charge is -2.18. The van der Waals surface area contributed by atoms with Gasteiger partial charge in [0.15, 0.2) is 11.6 Å². The zero-order chi connectivity index (χ0) is 46.1. The van der Waals surface area contributed by atoms with E-state index in [1.165, 1.54) is 21.9 Å². The van der Waals surface area contributed by atoms with Gasteiger partial charge in [-0.1, -0.05) is 165 Å². The fourth-order valence-electron chi connectivity index (χ4n) is 9.33. The number of aliphatic imine (C=N–C) groups is 1. The van der Waals surface area contributed by atoms with E-state index in [1.54, 1.807) is 12.4 Å². The Balaban J connectivity index is 1.03. The summed E-state index contributed by atoms with van der Waals surface area (Å²) in [7, 11) is 0. The van der Waals surface area contributed by atoms with Gasteiger partial charge in [0.2, 0.25) is 0 Å². The van der Waals surface area contributed by atoms with Gasteiger partial charge in [0.25, 0.3) is 0 Å². The van der Waals surface area contributed by atoms with E-state index in [-0.39, 0.29) is 0 Å². The van der Waals surface area contributed by atoms with Crippen molar-refractivity contribution >= 4 is 45.3 Å². The number of hydrogen-bond donors (Lipinski definition) is 0. The normalized spacial score (nSPS) is 13.6. The highest BCUT2D eigenvalue weighted by molar-refractivity contribution is 6.17. The molecule has 10 aromatic rings. The van der Waals surface area contributed by atoms with E-state index in [2.05, 4.69) is 170 Å². The molecule has 4 aromatic heterocycles. The van der Waals surface area contributed by atoms with Crippen LogP contribution in [-0.4, -0.2) is 25.6 Å². The van der Waals surface area contributed by atoms with Crippen LogP contribution in [0.25, 0.3) is 95.7 Å². The number of rotatable bonds is 10. The van der Waals surface area contributed by atoms with Crippen LogP contribution in [0.2, 0.25) is 0 Å². The number of benzene rings is 6. The van der Waals surface area contributed by atoms with Gasteiger partial charge in [0.05, 0.1) is 17.1 Å². The predicted molar refractivity (Wildman–Crippen MR) is 281 cm³/mol. The van der Waals surface area contributed by atoms with Gasteiger partial charge >= 0.3 is 0 Å². The van der Waals surface area contributed by atoms with E-state index in [4.69, 9.17) is 19.4 Å². The molecule has 0 bridgehead atoms. The van der Waals surface area contributed by atoms with Crippen molar-refractivity contribution in [3.8, 4) is 56.2 Å². The fourth-order valence-corrected chi connectivity index (χ4v) is 9.33. The van der Waals surface area contributed by atoms with E-state index in [9.17, 15) is 0 Å². The summed E-state index contributed by atoms with van der Waals surface area (Å²) in [5, 5.41) is 3.42. The molecule has 0 N–H and O–H groups in total. The molecule has 1 aliphatic rings. The minimum Gasteiger partial charge on any atom is -0.454 e. The Morgan fingerprint density at radius 1 is 0.647 bits per heavy atom. The highest BCUT2D eigenvalue weighted by Crippen LogP contribution is 2.37. The van der Waals surface area contributed by atoms with Crippen molar-refractivity contribution < 1.29 is 4.42 Å². The van der Waals surface area contributed by atoms with Gasteiger partial charge in [-0.05, 0) is 94.6 Å². The summed E-state index contributed by atoms with van der Waals surface area (Å²) in [6, 6.07) is 52.6. The number of fused-ring (bicyclic) bond motifs is 4. The van der Waals surface area contributed by atoms with Crippen LogP contribution < -0.4 is 0 Å².